The minimum Gasteiger partial charge on any atom is -0.314 e. The van der Waals surface area contributed by atoms with Gasteiger partial charge in [-0.25, -0.2) is 0 Å². The average Bonchev–Trinajstić information content (AvgIpc) is 3.03. The molecule has 2 fully saturated rings. The van der Waals surface area contributed by atoms with Crippen LogP contribution in [-0.2, 0) is 6.42 Å². The maximum Gasteiger partial charge on any atom is 0.0207 e. The fourth-order valence-corrected chi connectivity index (χ4v) is 4.77. The van der Waals surface area contributed by atoms with E-state index in [4.69, 9.17) is 0 Å². The van der Waals surface area contributed by atoms with Crippen LogP contribution in [0.25, 0.3) is 0 Å². The molecule has 19 heavy (non-hydrogen) atoms. The summed E-state index contributed by atoms with van der Waals surface area (Å²) >= 11 is 3.70. The van der Waals surface area contributed by atoms with Crippen molar-refractivity contribution in [2.75, 3.05) is 6.54 Å². The number of hydrogen-bond acceptors (Lipinski definition) is 1. The quantitative estimate of drug-likeness (QED) is 0.847. The highest BCUT2D eigenvalue weighted by Gasteiger charge is 2.42. The molecule has 0 radical (unpaired) electrons. The van der Waals surface area contributed by atoms with Gasteiger partial charge < -0.3 is 5.32 Å². The van der Waals surface area contributed by atoms with Gasteiger partial charge in [0, 0.05) is 10.5 Å². The van der Waals surface area contributed by atoms with Crippen molar-refractivity contribution in [1.29, 1.82) is 0 Å². The van der Waals surface area contributed by atoms with E-state index in [1.165, 1.54) is 42.1 Å². The Hall–Kier alpha value is -0.340. The molecule has 0 aliphatic heterocycles. The summed E-state index contributed by atoms with van der Waals surface area (Å²) in [7, 11) is 0. The molecular formula is C17H24BrN. The Labute approximate surface area is 125 Å². The van der Waals surface area contributed by atoms with E-state index in [1.807, 2.05) is 0 Å². The molecule has 2 aliphatic rings. The lowest BCUT2D eigenvalue weighted by Gasteiger charge is -2.31. The second kappa shape index (κ2) is 5.97. The maximum absolute atomic E-state index is 3.76. The van der Waals surface area contributed by atoms with E-state index in [2.05, 4.69) is 52.4 Å². The zero-order valence-corrected chi connectivity index (χ0v) is 13.3. The zero-order chi connectivity index (χ0) is 13.2. The van der Waals surface area contributed by atoms with Gasteiger partial charge in [-0.3, -0.25) is 0 Å². The molecule has 2 bridgehead atoms. The first kappa shape index (κ1) is 13.6. The van der Waals surface area contributed by atoms with E-state index in [0.29, 0.717) is 6.04 Å². The molecule has 0 spiro atoms. The lowest BCUT2D eigenvalue weighted by Crippen LogP contribution is -2.40. The topological polar surface area (TPSA) is 12.0 Å². The lowest BCUT2D eigenvalue weighted by atomic mass is 9.81. The Morgan fingerprint density at radius 2 is 2.11 bits per heavy atom. The van der Waals surface area contributed by atoms with E-state index in [-0.39, 0.29) is 0 Å². The predicted octanol–water partition coefficient (Wildman–Crippen LogP) is 4.41. The summed E-state index contributed by atoms with van der Waals surface area (Å²) in [6.07, 6.45) is 7.11. The van der Waals surface area contributed by atoms with E-state index in [9.17, 15) is 0 Å². The van der Waals surface area contributed by atoms with Crippen LogP contribution in [0.1, 0.15) is 38.2 Å². The number of benzene rings is 1. The van der Waals surface area contributed by atoms with Gasteiger partial charge in [0.25, 0.3) is 0 Å². The molecule has 3 rings (SSSR count). The average molecular weight is 322 g/mol. The van der Waals surface area contributed by atoms with Crippen LogP contribution < -0.4 is 5.32 Å². The normalized spacial score (nSPS) is 30.7. The number of rotatable bonds is 5. The Balaban J connectivity index is 1.73. The van der Waals surface area contributed by atoms with Gasteiger partial charge in [-0.15, -0.1) is 0 Å². The molecule has 2 heteroatoms. The van der Waals surface area contributed by atoms with Gasteiger partial charge in [0.15, 0.2) is 0 Å². The summed E-state index contributed by atoms with van der Waals surface area (Å²) in [4.78, 5) is 0. The van der Waals surface area contributed by atoms with Gasteiger partial charge in [-0.2, -0.15) is 0 Å². The molecule has 2 aliphatic carbocycles. The summed E-state index contributed by atoms with van der Waals surface area (Å²) in [6.45, 7) is 3.32. The number of fused-ring (bicyclic) bond motifs is 2. The molecule has 104 valence electrons. The minimum atomic E-state index is 0.666. The van der Waals surface area contributed by atoms with Crippen molar-refractivity contribution in [2.45, 2.75) is 45.1 Å². The van der Waals surface area contributed by atoms with Crippen molar-refractivity contribution in [3.05, 3.63) is 34.3 Å². The van der Waals surface area contributed by atoms with Crippen molar-refractivity contribution in [3.8, 4) is 0 Å². The third-order valence-corrected chi connectivity index (χ3v) is 5.95. The molecule has 4 atom stereocenters. The van der Waals surface area contributed by atoms with Crippen LogP contribution in [-0.4, -0.2) is 12.6 Å². The van der Waals surface area contributed by atoms with Gasteiger partial charge in [-0.1, -0.05) is 47.5 Å². The van der Waals surface area contributed by atoms with Crippen molar-refractivity contribution in [1.82, 2.24) is 5.32 Å². The zero-order valence-electron chi connectivity index (χ0n) is 11.7. The van der Waals surface area contributed by atoms with E-state index >= 15 is 0 Å². The summed E-state index contributed by atoms with van der Waals surface area (Å²) in [5.41, 5.74) is 1.45. The second-order valence-electron chi connectivity index (χ2n) is 6.30. The highest BCUT2D eigenvalue weighted by atomic mass is 79.9. The molecule has 0 saturated heterocycles. The predicted molar refractivity (Wildman–Crippen MR) is 84.2 cm³/mol. The molecule has 1 nitrogen and oxygen atoms in total. The standard InChI is InChI=1S/C17H24BrN/c1-2-19-17(11-14-5-3-4-6-16(14)18)15-10-12-7-8-13(15)9-12/h3-6,12-13,15,17,19H,2,7-11H2,1H3. The Kier molecular flexibility index (Phi) is 4.28. The minimum absolute atomic E-state index is 0.666. The second-order valence-corrected chi connectivity index (χ2v) is 7.15. The van der Waals surface area contributed by atoms with E-state index in [0.717, 1.165) is 24.3 Å². The molecular weight excluding hydrogens is 298 g/mol. The molecule has 0 aromatic heterocycles. The number of halogens is 1. The van der Waals surface area contributed by atoms with Gasteiger partial charge in [0.2, 0.25) is 0 Å². The van der Waals surface area contributed by atoms with Crippen LogP contribution in [0.15, 0.2) is 28.7 Å². The van der Waals surface area contributed by atoms with Crippen LogP contribution in [0, 0.1) is 17.8 Å². The molecule has 0 amide bonds. The van der Waals surface area contributed by atoms with Crippen molar-refractivity contribution in [3.63, 3.8) is 0 Å². The SMILES string of the molecule is CCNC(Cc1ccccc1Br)C1CC2CCC1C2. The summed E-state index contributed by atoms with van der Waals surface area (Å²) in [5, 5.41) is 3.76. The Morgan fingerprint density at radius 3 is 2.74 bits per heavy atom. The molecule has 2 saturated carbocycles. The monoisotopic (exact) mass is 321 g/mol. The lowest BCUT2D eigenvalue weighted by molar-refractivity contribution is 0.249. The van der Waals surface area contributed by atoms with Crippen molar-refractivity contribution >= 4 is 15.9 Å². The molecule has 1 aromatic rings. The first-order chi connectivity index (χ1) is 9.28. The molecule has 1 N–H and O–H groups in total. The van der Waals surface area contributed by atoms with Gasteiger partial charge in [0.1, 0.15) is 0 Å². The largest absolute Gasteiger partial charge is 0.314 e. The molecule has 1 aromatic carbocycles. The van der Waals surface area contributed by atoms with Crippen LogP contribution in [0.5, 0.6) is 0 Å². The Bertz CT molecular complexity index is 431. The first-order valence-electron chi connectivity index (χ1n) is 7.74. The van der Waals surface area contributed by atoms with E-state index < -0.39 is 0 Å². The van der Waals surface area contributed by atoms with Crippen LogP contribution in [0.2, 0.25) is 0 Å². The van der Waals surface area contributed by atoms with Crippen molar-refractivity contribution < 1.29 is 0 Å². The third-order valence-electron chi connectivity index (χ3n) is 5.17. The maximum atomic E-state index is 3.76. The van der Waals surface area contributed by atoms with Gasteiger partial charge >= 0.3 is 0 Å². The summed E-state index contributed by atoms with van der Waals surface area (Å²) in [5.74, 6) is 2.94. The molecule has 4 unspecified atom stereocenters. The first-order valence-corrected chi connectivity index (χ1v) is 8.54. The fraction of sp³-hybridized carbons (Fsp3) is 0.647. The van der Waals surface area contributed by atoms with Crippen LogP contribution in [0.3, 0.4) is 0 Å². The highest BCUT2D eigenvalue weighted by Crippen LogP contribution is 2.50. The fourth-order valence-electron chi connectivity index (χ4n) is 4.32. The van der Waals surface area contributed by atoms with Crippen LogP contribution in [0.4, 0.5) is 0 Å². The number of likely N-dealkylation sites (N-methyl/N-ethyl adjacent to an activating group) is 1. The highest BCUT2D eigenvalue weighted by molar-refractivity contribution is 9.10. The number of nitrogens with one attached hydrogen (secondary N) is 1. The smallest absolute Gasteiger partial charge is 0.0207 e. The van der Waals surface area contributed by atoms with Gasteiger partial charge in [0.05, 0.1) is 0 Å². The van der Waals surface area contributed by atoms with Crippen molar-refractivity contribution in [2.24, 2.45) is 17.8 Å². The summed E-state index contributed by atoms with van der Waals surface area (Å²) in [6, 6.07) is 9.36. The van der Waals surface area contributed by atoms with E-state index in [1.54, 1.807) is 0 Å². The number of hydrogen-bond donors (Lipinski definition) is 1. The summed E-state index contributed by atoms with van der Waals surface area (Å²) < 4.78 is 1.26. The van der Waals surface area contributed by atoms with Crippen LogP contribution >= 0.6 is 15.9 Å². The van der Waals surface area contributed by atoms with Gasteiger partial charge in [-0.05, 0) is 61.6 Å². The Morgan fingerprint density at radius 1 is 1.26 bits per heavy atom. The third kappa shape index (κ3) is 2.90. The molecule has 0 heterocycles.